The van der Waals surface area contributed by atoms with Crippen LogP contribution in [-0.2, 0) is 0 Å². The molecule has 5 heteroatoms. The van der Waals surface area contributed by atoms with Crippen molar-refractivity contribution >= 4 is 11.7 Å². The van der Waals surface area contributed by atoms with Gasteiger partial charge in [-0.15, -0.1) is 0 Å². The molecule has 0 unspecified atom stereocenters. The van der Waals surface area contributed by atoms with Crippen molar-refractivity contribution in [3.05, 3.63) is 42.2 Å². The van der Waals surface area contributed by atoms with Gasteiger partial charge < -0.3 is 10.2 Å². The van der Waals surface area contributed by atoms with E-state index in [4.69, 9.17) is 0 Å². The summed E-state index contributed by atoms with van der Waals surface area (Å²) in [7, 11) is 0. The molecule has 5 nitrogen and oxygen atoms in total. The largest absolute Gasteiger partial charge is 0.357 e. The van der Waals surface area contributed by atoms with Gasteiger partial charge in [0.2, 0.25) is 0 Å². The first-order chi connectivity index (χ1) is 11.6. The first-order valence-corrected chi connectivity index (χ1v) is 8.62. The van der Waals surface area contributed by atoms with Gasteiger partial charge in [0.15, 0.2) is 0 Å². The number of amides is 1. The van der Waals surface area contributed by atoms with Crippen LogP contribution in [0.2, 0.25) is 0 Å². The quantitative estimate of drug-likeness (QED) is 0.938. The number of nitrogens with zero attached hydrogens (tertiary/aromatic N) is 3. The predicted octanol–water partition coefficient (Wildman–Crippen LogP) is 3.27. The normalized spacial score (nSPS) is 14.7. The Morgan fingerprint density at radius 1 is 1.08 bits per heavy atom. The Kier molecular flexibility index (Phi) is 5.08. The lowest BCUT2D eigenvalue weighted by atomic mass is 10.1. The van der Waals surface area contributed by atoms with Crippen molar-refractivity contribution < 1.29 is 4.79 Å². The highest BCUT2D eigenvalue weighted by Gasteiger charge is 2.13. The molecule has 0 bridgehead atoms. The third kappa shape index (κ3) is 3.91. The summed E-state index contributed by atoms with van der Waals surface area (Å²) >= 11 is 0. The van der Waals surface area contributed by atoms with E-state index in [1.54, 1.807) is 6.33 Å². The van der Waals surface area contributed by atoms with Gasteiger partial charge in [-0.25, -0.2) is 9.97 Å². The molecule has 0 spiro atoms. The molecule has 1 saturated heterocycles. The highest BCUT2D eigenvalue weighted by atomic mass is 16.1. The molecule has 0 saturated carbocycles. The molecule has 24 heavy (non-hydrogen) atoms. The topological polar surface area (TPSA) is 58.1 Å². The van der Waals surface area contributed by atoms with Crippen molar-refractivity contribution in [2.24, 2.45) is 0 Å². The minimum Gasteiger partial charge on any atom is -0.357 e. The van der Waals surface area contributed by atoms with Gasteiger partial charge >= 0.3 is 0 Å². The fourth-order valence-corrected chi connectivity index (χ4v) is 2.94. The second-order valence-electron chi connectivity index (χ2n) is 6.51. The Morgan fingerprint density at radius 2 is 1.79 bits per heavy atom. The summed E-state index contributed by atoms with van der Waals surface area (Å²) in [5.74, 6) is 0.939. The van der Waals surface area contributed by atoms with E-state index in [0.29, 0.717) is 5.56 Å². The van der Waals surface area contributed by atoms with Crippen LogP contribution in [0.1, 0.15) is 43.5 Å². The first-order valence-electron chi connectivity index (χ1n) is 8.62. The summed E-state index contributed by atoms with van der Waals surface area (Å²) in [6, 6.07) is 9.74. The Bertz CT molecular complexity index is 691. The molecule has 1 N–H and O–H groups in total. The van der Waals surface area contributed by atoms with Crippen LogP contribution >= 0.6 is 0 Å². The third-order valence-electron chi connectivity index (χ3n) is 4.20. The van der Waals surface area contributed by atoms with Crippen LogP contribution < -0.4 is 10.2 Å². The number of hydrogen-bond acceptors (Lipinski definition) is 4. The number of nitrogens with one attached hydrogen (secondary N) is 1. The zero-order valence-electron chi connectivity index (χ0n) is 14.3. The number of carbonyl (C=O) groups excluding carboxylic acids is 1. The lowest BCUT2D eigenvalue weighted by Crippen LogP contribution is -2.30. The summed E-state index contributed by atoms with van der Waals surface area (Å²) < 4.78 is 0. The molecule has 0 aliphatic carbocycles. The molecule has 1 amide bonds. The molecule has 1 aliphatic heterocycles. The molecule has 2 aromatic rings. The maximum absolute atomic E-state index is 12.0. The predicted molar refractivity (Wildman–Crippen MR) is 96.1 cm³/mol. The highest BCUT2D eigenvalue weighted by Crippen LogP contribution is 2.23. The van der Waals surface area contributed by atoms with Crippen molar-refractivity contribution in [2.75, 3.05) is 18.0 Å². The van der Waals surface area contributed by atoms with E-state index in [9.17, 15) is 4.79 Å². The van der Waals surface area contributed by atoms with Crippen LogP contribution in [0, 0.1) is 0 Å². The van der Waals surface area contributed by atoms with Crippen molar-refractivity contribution in [1.29, 1.82) is 0 Å². The van der Waals surface area contributed by atoms with Crippen LogP contribution in [0.25, 0.3) is 11.3 Å². The van der Waals surface area contributed by atoms with E-state index in [0.717, 1.165) is 30.2 Å². The Hall–Kier alpha value is -2.43. The van der Waals surface area contributed by atoms with E-state index in [2.05, 4.69) is 20.2 Å². The summed E-state index contributed by atoms with van der Waals surface area (Å²) in [5.41, 5.74) is 2.55. The Morgan fingerprint density at radius 3 is 2.46 bits per heavy atom. The van der Waals surface area contributed by atoms with Crippen molar-refractivity contribution in [1.82, 2.24) is 15.3 Å². The van der Waals surface area contributed by atoms with E-state index in [1.807, 2.05) is 44.2 Å². The van der Waals surface area contributed by atoms with Gasteiger partial charge in [0.05, 0.1) is 5.69 Å². The van der Waals surface area contributed by atoms with Crippen molar-refractivity contribution in [3.63, 3.8) is 0 Å². The zero-order chi connectivity index (χ0) is 16.9. The maximum atomic E-state index is 12.0. The molecule has 0 atom stereocenters. The third-order valence-corrected chi connectivity index (χ3v) is 4.20. The van der Waals surface area contributed by atoms with Crippen LogP contribution in [-0.4, -0.2) is 35.0 Å². The number of piperidine rings is 1. The summed E-state index contributed by atoms with van der Waals surface area (Å²) in [4.78, 5) is 23.1. The van der Waals surface area contributed by atoms with Gasteiger partial charge in [0, 0.05) is 36.3 Å². The second kappa shape index (κ2) is 7.43. The minimum atomic E-state index is -0.0479. The number of benzene rings is 1. The van der Waals surface area contributed by atoms with Crippen LogP contribution in [0.5, 0.6) is 0 Å². The fourth-order valence-electron chi connectivity index (χ4n) is 2.94. The number of hydrogen-bond donors (Lipinski definition) is 1. The SMILES string of the molecule is CC(C)NC(=O)c1ccc(-c2cc(N3CCCCC3)ncn2)cc1. The molecular formula is C19H24N4O. The molecule has 1 fully saturated rings. The average Bonchev–Trinajstić information content (AvgIpc) is 2.62. The molecular weight excluding hydrogens is 300 g/mol. The van der Waals surface area contributed by atoms with Crippen LogP contribution in [0.4, 0.5) is 5.82 Å². The Balaban J connectivity index is 1.77. The molecule has 1 aromatic carbocycles. The summed E-state index contributed by atoms with van der Waals surface area (Å²) in [6.07, 6.45) is 5.37. The lowest BCUT2D eigenvalue weighted by molar-refractivity contribution is 0.0943. The van der Waals surface area contributed by atoms with Gasteiger partial charge in [0.25, 0.3) is 5.91 Å². The molecule has 2 heterocycles. The number of anilines is 1. The minimum absolute atomic E-state index is 0.0479. The van der Waals surface area contributed by atoms with Crippen LogP contribution in [0.3, 0.4) is 0 Å². The van der Waals surface area contributed by atoms with E-state index in [1.165, 1.54) is 19.3 Å². The standard InChI is InChI=1S/C19H24N4O/c1-14(2)22-19(24)16-8-6-15(7-9-16)17-12-18(21-13-20-17)23-10-4-3-5-11-23/h6-9,12-14H,3-5,10-11H2,1-2H3,(H,22,24). The van der Waals surface area contributed by atoms with Crippen molar-refractivity contribution in [2.45, 2.75) is 39.2 Å². The lowest BCUT2D eigenvalue weighted by Gasteiger charge is -2.27. The molecule has 1 aliphatic rings. The monoisotopic (exact) mass is 324 g/mol. The van der Waals surface area contributed by atoms with Gasteiger partial charge in [-0.1, -0.05) is 12.1 Å². The van der Waals surface area contributed by atoms with Gasteiger partial charge in [-0.2, -0.15) is 0 Å². The molecule has 0 radical (unpaired) electrons. The molecule has 1 aromatic heterocycles. The maximum Gasteiger partial charge on any atom is 0.251 e. The zero-order valence-corrected chi connectivity index (χ0v) is 14.3. The average molecular weight is 324 g/mol. The first kappa shape index (κ1) is 16.4. The summed E-state index contributed by atoms with van der Waals surface area (Å²) in [6.45, 7) is 6.03. The second-order valence-corrected chi connectivity index (χ2v) is 6.51. The Labute approximate surface area is 143 Å². The molecule has 126 valence electrons. The highest BCUT2D eigenvalue weighted by molar-refractivity contribution is 5.94. The van der Waals surface area contributed by atoms with Crippen LogP contribution in [0.15, 0.2) is 36.7 Å². The fraction of sp³-hybridized carbons (Fsp3) is 0.421. The number of rotatable bonds is 4. The van der Waals surface area contributed by atoms with E-state index < -0.39 is 0 Å². The van der Waals surface area contributed by atoms with Gasteiger partial charge in [0.1, 0.15) is 12.1 Å². The smallest absolute Gasteiger partial charge is 0.251 e. The number of carbonyl (C=O) groups is 1. The molecule has 3 rings (SSSR count). The van der Waals surface area contributed by atoms with E-state index in [-0.39, 0.29) is 11.9 Å². The number of aromatic nitrogens is 2. The van der Waals surface area contributed by atoms with Gasteiger partial charge in [-0.3, -0.25) is 4.79 Å². The van der Waals surface area contributed by atoms with Gasteiger partial charge in [-0.05, 0) is 45.2 Å². The van der Waals surface area contributed by atoms with E-state index >= 15 is 0 Å². The summed E-state index contributed by atoms with van der Waals surface area (Å²) in [5, 5.41) is 2.90. The van der Waals surface area contributed by atoms with Crippen molar-refractivity contribution in [3.8, 4) is 11.3 Å².